The average Bonchev–Trinajstić information content (AvgIpc) is 2.97. The van der Waals surface area contributed by atoms with E-state index in [0.717, 1.165) is 34.5 Å². The molecular weight excluding hydrogens is 320 g/mol. The van der Waals surface area contributed by atoms with Crippen LogP contribution < -0.4 is 0 Å². The fourth-order valence-corrected chi connectivity index (χ4v) is 3.38. The van der Waals surface area contributed by atoms with Crippen LogP contribution in [-0.2, 0) is 17.8 Å². The van der Waals surface area contributed by atoms with E-state index >= 15 is 0 Å². The van der Waals surface area contributed by atoms with E-state index in [-0.39, 0.29) is 5.91 Å². The van der Waals surface area contributed by atoms with Gasteiger partial charge in [-0.25, -0.2) is 0 Å². The third-order valence-electron chi connectivity index (χ3n) is 4.47. The Hall–Kier alpha value is -2.52. The minimum Gasteiger partial charge on any atom is -0.358 e. The van der Waals surface area contributed by atoms with Gasteiger partial charge in [-0.2, -0.15) is 0 Å². The Morgan fingerprint density at radius 3 is 2.83 bits per heavy atom. The van der Waals surface area contributed by atoms with E-state index in [2.05, 4.69) is 4.98 Å². The van der Waals surface area contributed by atoms with Crippen molar-refractivity contribution in [3.05, 3.63) is 76.5 Å². The zero-order chi connectivity index (χ0) is 16.5. The molecule has 1 amide bonds. The lowest BCUT2D eigenvalue weighted by Crippen LogP contribution is -2.34. The van der Waals surface area contributed by atoms with Crippen LogP contribution in [0.1, 0.15) is 16.8 Å². The van der Waals surface area contributed by atoms with Crippen LogP contribution in [0.5, 0.6) is 0 Å². The van der Waals surface area contributed by atoms with E-state index in [9.17, 15) is 4.79 Å². The number of halogens is 1. The predicted octanol–water partition coefficient (Wildman–Crippen LogP) is 4.42. The molecule has 0 bridgehead atoms. The molecule has 1 aliphatic heterocycles. The van der Waals surface area contributed by atoms with Gasteiger partial charge in [0.15, 0.2) is 0 Å². The standard InChI is InChI=1S/C20H17ClN2O/c21-15-7-8-18-16(12-15)17-13-23(11-10-19(17)22-18)20(24)9-6-14-4-2-1-3-5-14/h1-9,12,22H,10-11,13H2/b9-6+. The summed E-state index contributed by atoms with van der Waals surface area (Å²) in [6.45, 7) is 1.35. The monoisotopic (exact) mass is 336 g/mol. The lowest BCUT2D eigenvalue weighted by molar-refractivity contribution is -0.126. The number of fused-ring (bicyclic) bond motifs is 3. The second-order valence-corrected chi connectivity index (χ2v) is 6.46. The number of nitrogens with one attached hydrogen (secondary N) is 1. The fraction of sp³-hybridized carbons (Fsp3) is 0.150. The highest BCUT2D eigenvalue weighted by molar-refractivity contribution is 6.31. The molecule has 0 aliphatic carbocycles. The first-order valence-electron chi connectivity index (χ1n) is 8.02. The maximum atomic E-state index is 12.5. The molecule has 0 radical (unpaired) electrons. The summed E-state index contributed by atoms with van der Waals surface area (Å²) in [6.07, 6.45) is 4.36. The average molecular weight is 337 g/mol. The number of nitrogens with zero attached hydrogens (tertiary/aromatic N) is 1. The summed E-state index contributed by atoms with van der Waals surface area (Å²) in [4.78, 5) is 17.8. The molecule has 0 unspecified atom stereocenters. The molecule has 0 spiro atoms. The molecule has 0 atom stereocenters. The summed E-state index contributed by atoms with van der Waals surface area (Å²) < 4.78 is 0. The van der Waals surface area contributed by atoms with E-state index in [1.54, 1.807) is 6.08 Å². The number of aromatic nitrogens is 1. The van der Waals surface area contributed by atoms with Crippen molar-refractivity contribution in [3.63, 3.8) is 0 Å². The molecule has 0 fully saturated rings. The Balaban J connectivity index is 1.57. The van der Waals surface area contributed by atoms with Crippen molar-refractivity contribution in [1.29, 1.82) is 0 Å². The van der Waals surface area contributed by atoms with Crippen molar-refractivity contribution in [3.8, 4) is 0 Å². The summed E-state index contributed by atoms with van der Waals surface area (Å²) in [6, 6.07) is 15.7. The highest BCUT2D eigenvalue weighted by Crippen LogP contribution is 2.29. The Bertz CT molecular complexity index is 927. The largest absolute Gasteiger partial charge is 0.358 e. The van der Waals surface area contributed by atoms with Gasteiger partial charge in [-0.05, 0) is 29.8 Å². The Morgan fingerprint density at radius 2 is 2.00 bits per heavy atom. The van der Waals surface area contributed by atoms with Gasteiger partial charge in [-0.3, -0.25) is 4.79 Å². The van der Waals surface area contributed by atoms with Crippen LogP contribution in [0.3, 0.4) is 0 Å². The van der Waals surface area contributed by atoms with Crippen molar-refractivity contribution in [2.75, 3.05) is 6.54 Å². The van der Waals surface area contributed by atoms with E-state index in [1.807, 2.05) is 59.5 Å². The van der Waals surface area contributed by atoms with Crippen LogP contribution in [-0.4, -0.2) is 22.3 Å². The Kier molecular flexibility index (Phi) is 3.87. The van der Waals surface area contributed by atoms with Gasteiger partial charge in [0, 0.05) is 52.8 Å². The molecular formula is C20H17ClN2O. The molecule has 3 aromatic rings. The van der Waals surface area contributed by atoms with Crippen LogP contribution in [0.4, 0.5) is 0 Å². The molecule has 1 aliphatic rings. The molecule has 2 heterocycles. The Morgan fingerprint density at radius 1 is 1.17 bits per heavy atom. The molecule has 4 heteroatoms. The summed E-state index contributed by atoms with van der Waals surface area (Å²) in [5.74, 6) is 0.0425. The van der Waals surface area contributed by atoms with Crippen LogP contribution >= 0.6 is 11.6 Å². The molecule has 1 aromatic heterocycles. The smallest absolute Gasteiger partial charge is 0.246 e. The molecule has 3 nitrogen and oxygen atoms in total. The first-order chi connectivity index (χ1) is 11.7. The third kappa shape index (κ3) is 2.83. The number of hydrogen-bond acceptors (Lipinski definition) is 1. The summed E-state index contributed by atoms with van der Waals surface area (Å²) in [5, 5.41) is 1.83. The fourth-order valence-electron chi connectivity index (χ4n) is 3.21. The number of benzene rings is 2. The predicted molar refractivity (Wildman–Crippen MR) is 97.9 cm³/mol. The lowest BCUT2D eigenvalue weighted by atomic mass is 10.0. The van der Waals surface area contributed by atoms with Crippen LogP contribution in [0.2, 0.25) is 5.02 Å². The number of carbonyl (C=O) groups excluding carboxylic acids is 1. The zero-order valence-electron chi connectivity index (χ0n) is 13.1. The van der Waals surface area contributed by atoms with Crippen molar-refractivity contribution in [2.45, 2.75) is 13.0 Å². The SMILES string of the molecule is O=C(/C=C/c1ccccc1)N1CCc2[nH]c3ccc(Cl)cc3c2C1. The zero-order valence-corrected chi connectivity index (χ0v) is 13.9. The van der Waals surface area contributed by atoms with Gasteiger partial charge < -0.3 is 9.88 Å². The van der Waals surface area contributed by atoms with Gasteiger partial charge in [0.2, 0.25) is 5.91 Å². The topological polar surface area (TPSA) is 36.1 Å². The van der Waals surface area contributed by atoms with Gasteiger partial charge in [0.25, 0.3) is 0 Å². The van der Waals surface area contributed by atoms with Crippen molar-refractivity contribution in [2.24, 2.45) is 0 Å². The summed E-state index contributed by atoms with van der Waals surface area (Å²) >= 11 is 6.13. The van der Waals surface area contributed by atoms with E-state index < -0.39 is 0 Å². The first-order valence-corrected chi connectivity index (χ1v) is 8.39. The van der Waals surface area contributed by atoms with Crippen molar-refractivity contribution in [1.82, 2.24) is 9.88 Å². The summed E-state index contributed by atoms with van der Waals surface area (Å²) in [5.41, 5.74) is 4.50. The number of aromatic amines is 1. The normalized spacial score (nSPS) is 14.3. The number of amides is 1. The van der Waals surface area contributed by atoms with E-state index in [1.165, 1.54) is 11.3 Å². The van der Waals surface area contributed by atoms with E-state index in [4.69, 9.17) is 11.6 Å². The third-order valence-corrected chi connectivity index (χ3v) is 4.70. The van der Waals surface area contributed by atoms with Crippen LogP contribution in [0, 0.1) is 0 Å². The van der Waals surface area contributed by atoms with Gasteiger partial charge in [-0.1, -0.05) is 41.9 Å². The maximum absolute atomic E-state index is 12.5. The molecule has 1 N–H and O–H groups in total. The highest BCUT2D eigenvalue weighted by Gasteiger charge is 2.22. The molecule has 0 saturated carbocycles. The molecule has 120 valence electrons. The highest BCUT2D eigenvalue weighted by atomic mass is 35.5. The quantitative estimate of drug-likeness (QED) is 0.691. The number of H-pyrrole nitrogens is 1. The minimum atomic E-state index is 0.0425. The van der Waals surface area contributed by atoms with E-state index in [0.29, 0.717) is 6.54 Å². The summed E-state index contributed by atoms with van der Waals surface area (Å²) in [7, 11) is 0. The minimum absolute atomic E-state index is 0.0425. The van der Waals surface area contributed by atoms with Crippen LogP contribution in [0.15, 0.2) is 54.6 Å². The van der Waals surface area contributed by atoms with Crippen molar-refractivity contribution >= 4 is 34.5 Å². The van der Waals surface area contributed by atoms with Gasteiger partial charge >= 0.3 is 0 Å². The van der Waals surface area contributed by atoms with Gasteiger partial charge in [0.05, 0.1) is 0 Å². The van der Waals surface area contributed by atoms with Gasteiger partial charge in [0.1, 0.15) is 0 Å². The van der Waals surface area contributed by atoms with Crippen molar-refractivity contribution < 1.29 is 4.79 Å². The molecule has 2 aromatic carbocycles. The second-order valence-electron chi connectivity index (χ2n) is 6.03. The first kappa shape index (κ1) is 15.0. The Labute approximate surface area is 145 Å². The molecule has 24 heavy (non-hydrogen) atoms. The number of rotatable bonds is 2. The number of hydrogen-bond donors (Lipinski definition) is 1. The molecule has 4 rings (SSSR count). The maximum Gasteiger partial charge on any atom is 0.246 e. The molecule has 0 saturated heterocycles. The van der Waals surface area contributed by atoms with Gasteiger partial charge in [-0.15, -0.1) is 0 Å². The van der Waals surface area contributed by atoms with Crippen LogP contribution in [0.25, 0.3) is 17.0 Å². The lowest BCUT2D eigenvalue weighted by Gasteiger charge is -2.26. The number of carbonyl (C=O) groups is 1. The second kappa shape index (κ2) is 6.17.